The average molecular weight is 311 g/mol. The van der Waals surface area contributed by atoms with E-state index in [4.69, 9.17) is 0 Å². The van der Waals surface area contributed by atoms with Crippen LogP contribution in [0.15, 0.2) is 53.8 Å². The number of rotatable bonds is 2. The summed E-state index contributed by atoms with van der Waals surface area (Å²) in [5, 5.41) is 0.878. The number of nitrogens with zero attached hydrogens (tertiary/aromatic N) is 1. The van der Waals surface area contributed by atoms with Crippen LogP contribution in [0, 0.1) is 18.7 Å². The van der Waals surface area contributed by atoms with Gasteiger partial charge in [0.15, 0.2) is 0 Å². The van der Waals surface area contributed by atoms with Gasteiger partial charge in [-0.2, -0.15) is 4.39 Å². The fraction of sp³-hybridized carbons (Fsp3) is 0.105. The van der Waals surface area contributed by atoms with Crippen molar-refractivity contribution in [2.45, 2.75) is 13.8 Å². The quantitative estimate of drug-likeness (QED) is 0.633. The van der Waals surface area contributed by atoms with E-state index in [1.165, 1.54) is 12.1 Å². The molecule has 4 heteroatoms. The molecule has 3 aromatic rings. The third kappa shape index (κ3) is 2.36. The fourth-order valence-corrected chi connectivity index (χ4v) is 2.76. The van der Waals surface area contributed by atoms with Gasteiger partial charge >= 0.3 is 0 Å². The van der Waals surface area contributed by atoms with Crippen LogP contribution < -0.4 is 5.56 Å². The molecule has 1 aromatic heterocycles. The molecule has 0 N–H and O–H groups in total. The molecule has 3 rings (SSSR count). The molecule has 0 unspecified atom stereocenters. The molecular formula is C19H15F2NO. The van der Waals surface area contributed by atoms with Crippen LogP contribution in [0.2, 0.25) is 0 Å². The zero-order chi connectivity index (χ0) is 16.7. The van der Waals surface area contributed by atoms with Crippen molar-refractivity contribution in [2.24, 2.45) is 0 Å². The van der Waals surface area contributed by atoms with E-state index in [0.29, 0.717) is 21.9 Å². The van der Waals surface area contributed by atoms with E-state index in [-0.39, 0.29) is 11.3 Å². The third-order valence-electron chi connectivity index (χ3n) is 3.87. The Labute approximate surface area is 132 Å². The first kappa shape index (κ1) is 15.2. The number of aromatic nitrogens is 1. The third-order valence-corrected chi connectivity index (χ3v) is 3.87. The molecule has 2 nitrogen and oxygen atoms in total. The lowest BCUT2D eigenvalue weighted by atomic mass is 10.0. The number of pyridine rings is 1. The maximum Gasteiger partial charge on any atom is 0.265 e. The van der Waals surface area contributed by atoms with E-state index in [1.54, 1.807) is 38.1 Å². The Bertz CT molecular complexity index is 1000. The summed E-state index contributed by atoms with van der Waals surface area (Å²) in [7, 11) is 0. The number of halogens is 2. The average Bonchev–Trinajstić information content (AvgIpc) is 2.50. The fourth-order valence-electron chi connectivity index (χ4n) is 2.76. The van der Waals surface area contributed by atoms with Crippen LogP contribution >= 0.6 is 0 Å². The molecule has 0 aliphatic heterocycles. The summed E-state index contributed by atoms with van der Waals surface area (Å²) >= 11 is 0. The van der Waals surface area contributed by atoms with Crippen molar-refractivity contribution >= 4 is 16.3 Å². The molecule has 0 saturated carbocycles. The first-order valence-electron chi connectivity index (χ1n) is 7.17. The maximum absolute atomic E-state index is 15.1. The predicted molar refractivity (Wildman–Crippen MR) is 88.9 cm³/mol. The lowest BCUT2D eigenvalue weighted by Gasteiger charge is -2.16. The highest BCUT2D eigenvalue weighted by molar-refractivity contribution is 5.92. The van der Waals surface area contributed by atoms with E-state index < -0.39 is 17.3 Å². The van der Waals surface area contributed by atoms with E-state index in [1.807, 2.05) is 0 Å². The van der Waals surface area contributed by atoms with Crippen LogP contribution in [0.4, 0.5) is 8.78 Å². The lowest BCUT2D eigenvalue weighted by Crippen LogP contribution is -2.24. The predicted octanol–water partition coefficient (Wildman–Crippen LogP) is 4.61. The first-order valence-corrected chi connectivity index (χ1v) is 7.17. The van der Waals surface area contributed by atoms with Gasteiger partial charge < -0.3 is 0 Å². The normalized spacial score (nSPS) is 11.0. The van der Waals surface area contributed by atoms with Gasteiger partial charge in [0.1, 0.15) is 5.82 Å². The number of fused-ring (bicyclic) bond motifs is 1. The van der Waals surface area contributed by atoms with Crippen molar-refractivity contribution in [1.82, 2.24) is 4.57 Å². The van der Waals surface area contributed by atoms with Crippen LogP contribution in [0.3, 0.4) is 0 Å². The molecule has 1 heterocycles. The molecule has 116 valence electrons. The standard InChI is InChI=1S/C19H15F2NO/c1-11(2)17-14-6-4-5-7-15(14)19(23)22(18(17)21)16-10-13(20)9-8-12(16)3/h4-10H,1H2,2-3H3. The first-order chi connectivity index (χ1) is 10.9. The Morgan fingerprint density at radius 2 is 1.74 bits per heavy atom. The molecule has 0 atom stereocenters. The Hall–Kier alpha value is -2.75. The van der Waals surface area contributed by atoms with Crippen LogP contribution in [0.5, 0.6) is 0 Å². The molecule has 0 saturated heterocycles. The zero-order valence-corrected chi connectivity index (χ0v) is 12.9. The second kappa shape index (κ2) is 5.47. The lowest BCUT2D eigenvalue weighted by molar-refractivity contribution is 0.540. The minimum atomic E-state index is -0.727. The van der Waals surface area contributed by atoms with Gasteiger partial charge in [0, 0.05) is 10.9 Å². The number of benzene rings is 2. The van der Waals surface area contributed by atoms with Gasteiger partial charge in [0.25, 0.3) is 5.56 Å². The highest BCUT2D eigenvalue weighted by atomic mass is 19.1. The SMILES string of the molecule is C=C(C)c1c(F)n(-c2cc(F)ccc2C)c(=O)c2ccccc12. The zero-order valence-electron chi connectivity index (χ0n) is 12.9. The number of hydrogen-bond acceptors (Lipinski definition) is 1. The Balaban J connectivity index is 2.54. The molecule has 0 fully saturated rings. The summed E-state index contributed by atoms with van der Waals surface area (Å²) in [5.74, 6) is -1.25. The van der Waals surface area contributed by atoms with Crippen LogP contribution in [-0.2, 0) is 0 Å². The van der Waals surface area contributed by atoms with Gasteiger partial charge in [-0.3, -0.25) is 9.36 Å². The van der Waals surface area contributed by atoms with Crippen molar-refractivity contribution in [3.8, 4) is 5.69 Å². The molecule has 0 aliphatic rings. The molecule has 0 spiro atoms. The monoisotopic (exact) mass is 311 g/mol. The second-order valence-electron chi connectivity index (χ2n) is 5.56. The van der Waals surface area contributed by atoms with Crippen molar-refractivity contribution in [1.29, 1.82) is 0 Å². The smallest absolute Gasteiger partial charge is 0.265 e. The van der Waals surface area contributed by atoms with Crippen LogP contribution in [0.25, 0.3) is 22.0 Å². The largest absolute Gasteiger partial charge is 0.268 e. The van der Waals surface area contributed by atoms with Gasteiger partial charge in [-0.25, -0.2) is 4.39 Å². The highest BCUT2D eigenvalue weighted by Crippen LogP contribution is 2.27. The molecule has 0 radical (unpaired) electrons. The van der Waals surface area contributed by atoms with Gasteiger partial charge in [-0.05, 0) is 48.6 Å². The molecule has 2 aromatic carbocycles. The Morgan fingerprint density at radius 3 is 2.39 bits per heavy atom. The van der Waals surface area contributed by atoms with Crippen LogP contribution in [-0.4, -0.2) is 4.57 Å². The van der Waals surface area contributed by atoms with E-state index in [2.05, 4.69) is 6.58 Å². The van der Waals surface area contributed by atoms with E-state index in [0.717, 1.165) is 10.6 Å². The van der Waals surface area contributed by atoms with Gasteiger partial charge in [-0.15, -0.1) is 0 Å². The summed E-state index contributed by atoms with van der Waals surface area (Å²) in [5.41, 5.74) is 1.05. The van der Waals surface area contributed by atoms with Crippen molar-refractivity contribution < 1.29 is 8.78 Å². The number of aryl methyl sites for hydroxylation is 1. The van der Waals surface area contributed by atoms with E-state index >= 15 is 4.39 Å². The second-order valence-corrected chi connectivity index (χ2v) is 5.56. The van der Waals surface area contributed by atoms with Crippen molar-refractivity contribution in [3.63, 3.8) is 0 Å². The summed E-state index contributed by atoms with van der Waals surface area (Å²) in [6.07, 6.45) is 0. The van der Waals surface area contributed by atoms with Gasteiger partial charge in [0.2, 0.25) is 5.95 Å². The van der Waals surface area contributed by atoms with E-state index in [9.17, 15) is 9.18 Å². The van der Waals surface area contributed by atoms with Gasteiger partial charge in [0.05, 0.1) is 5.69 Å². The van der Waals surface area contributed by atoms with Crippen molar-refractivity contribution in [3.05, 3.63) is 82.3 Å². The van der Waals surface area contributed by atoms with Crippen LogP contribution in [0.1, 0.15) is 18.1 Å². The molecule has 0 bridgehead atoms. The minimum Gasteiger partial charge on any atom is -0.268 e. The summed E-state index contributed by atoms with van der Waals surface area (Å²) < 4.78 is 29.6. The Kier molecular flexibility index (Phi) is 3.60. The summed E-state index contributed by atoms with van der Waals surface area (Å²) in [4.78, 5) is 12.8. The van der Waals surface area contributed by atoms with Crippen molar-refractivity contribution in [2.75, 3.05) is 0 Å². The molecule has 0 aliphatic carbocycles. The summed E-state index contributed by atoms with van der Waals surface area (Å²) in [6.45, 7) is 7.19. The Morgan fingerprint density at radius 1 is 1.09 bits per heavy atom. The number of hydrogen-bond donors (Lipinski definition) is 0. The maximum atomic E-state index is 15.1. The molecular weight excluding hydrogens is 296 g/mol. The molecule has 23 heavy (non-hydrogen) atoms. The molecule has 0 amide bonds. The summed E-state index contributed by atoms with van der Waals surface area (Å²) in [6, 6.07) is 10.7. The highest BCUT2D eigenvalue weighted by Gasteiger charge is 2.19. The minimum absolute atomic E-state index is 0.195. The topological polar surface area (TPSA) is 22.0 Å². The number of allylic oxidation sites excluding steroid dienone is 1. The van der Waals surface area contributed by atoms with Gasteiger partial charge in [-0.1, -0.05) is 30.8 Å².